The Kier molecular flexibility index (Phi) is 7.80. The van der Waals surface area contributed by atoms with Gasteiger partial charge in [0.1, 0.15) is 0 Å². The molecule has 1 unspecified atom stereocenters. The molecule has 4 nitrogen and oxygen atoms in total. The molecule has 2 rings (SSSR count). The predicted octanol–water partition coefficient (Wildman–Crippen LogP) is 2.94. The number of nitrogens with one attached hydrogen (secondary N) is 1. The maximum Gasteiger partial charge on any atom is 0.0634 e. The SMILES string of the molecule is CC(OCCNCCC(N1CCCC1)N1CCCC1)C(C)(C)C. The van der Waals surface area contributed by atoms with Gasteiger partial charge < -0.3 is 10.1 Å². The molecule has 4 heteroatoms. The third kappa shape index (κ3) is 6.33. The Morgan fingerprint density at radius 2 is 1.43 bits per heavy atom. The molecule has 136 valence electrons. The molecule has 0 saturated carbocycles. The van der Waals surface area contributed by atoms with E-state index in [-0.39, 0.29) is 5.41 Å². The third-order valence-corrected chi connectivity index (χ3v) is 5.57. The maximum atomic E-state index is 5.93. The van der Waals surface area contributed by atoms with E-state index in [0.717, 1.165) is 19.7 Å². The first-order valence-corrected chi connectivity index (χ1v) is 9.79. The second kappa shape index (κ2) is 9.36. The standard InChI is InChI=1S/C19H39N3O/c1-17(19(2,3)4)23-16-11-20-10-9-18(21-12-5-6-13-21)22-14-7-8-15-22/h17-18,20H,5-16H2,1-4H3. The Balaban J connectivity index is 1.62. The summed E-state index contributed by atoms with van der Waals surface area (Å²) < 4.78 is 5.93. The highest BCUT2D eigenvalue weighted by molar-refractivity contribution is 4.81. The third-order valence-electron chi connectivity index (χ3n) is 5.57. The molecule has 2 saturated heterocycles. The summed E-state index contributed by atoms with van der Waals surface area (Å²) in [5, 5.41) is 3.59. The van der Waals surface area contributed by atoms with Crippen LogP contribution in [0.1, 0.15) is 59.8 Å². The summed E-state index contributed by atoms with van der Waals surface area (Å²) in [6.07, 6.45) is 7.77. The zero-order valence-corrected chi connectivity index (χ0v) is 15.9. The van der Waals surface area contributed by atoms with Crippen molar-refractivity contribution in [3.05, 3.63) is 0 Å². The molecule has 2 heterocycles. The van der Waals surface area contributed by atoms with E-state index in [4.69, 9.17) is 4.74 Å². The van der Waals surface area contributed by atoms with Gasteiger partial charge in [-0.3, -0.25) is 9.80 Å². The largest absolute Gasteiger partial charge is 0.377 e. The van der Waals surface area contributed by atoms with Gasteiger partial charge in [0.2, 0.25) is 0 Å². The van der Waals surface area contributed by atoms with Crippen molar-refractivity contribution in [2.24, 2.45) is 5.41 Å². The second-order valence-corrected chi connectivity index (χ2v) is 8.38. The molecule has 0 radical (unpaired) electrons. The minimum Gasteiger partial charge on any atom is -0.377 e. The number of hydrogen-bond donors (Lipinski definition) is 1. The fourth-order valence-corrected chi connectivity index (χ4v) is 3.59. The number of rotatable bonds is 9. The van der Waals surface area contributed by atoms with Crippen LogP contribution in [0.2, 0.25) is 0 Å². The molecular formula is C19H39N3O. The van der Waals surface area contributed by atoms with E-state index in [9.17, 15) is 0 Å². The van der Waals surface area contributed by atoms with Crippen LogP contribution in [-0.4, -0.2) is 67.9 Å². The second-order valence-electron chi connectivity index (χ2n) is 8.38. The summed E-state index contributed by atoms with van der Waals surface area (Å²) in [6, 6.07) is 0. The highest BCUT2D eigenvalue weighted by Gasteiger charge is 2.28. The van der Waals surface area contributed by atoms with Gasteiger partial charge in [0, 0.05) is 6.54 Å². The van der Waals surface area contributed by atoms with E-state index in [1.54, 1.807) is 0 Å². The predicted molar refractivity (Wildman–Crippen MR) is 97.8 cm³/mol. The first-order chi connectivity index (χ1) is 11.0. The lowest BCUT2D eigenvalue weighted by Crippen LogP contribution is -2.47. The molecular weight excluding hydrogens is 286 g/mol. The smallest absolute Gasteiger partial charge is 0.0634 e. The lowest BCUT2D eigenvalue weighted by atomic mass is 9.90. The zero-order chi connectivity index (χ0) is 16.7. The first-order valence-electron chi connectivity index (χ1n) is 9.79. The molecule has 1 atom stereocenters. The van der Waals surface area contributed by atoms with Gasteiger partial charge in [0.05, 0.1) is 18.9 Å². The van der Waals surface area contributed by atoms with Crippen molar-refractivity contribution in [2.45, 2.75) is 72.1 Å². The van der Waals surface area contributed by atoms with Crippen LogP contribution in [-0.2, 0) is 4.74 Å². The van der Waals surface area contributed by atoms with Crippen molar-refractivity contribution < 1.29 is 4.74 Å². The number of ether oxygens (including phenoxy) is 1. The fourth-order valence-electron chi connectivity index (χ4n) is 3.59. The molecule has 0 aromatic carbocycles. The van der Waals surface area contributed by atoms with E-state index >= 15 is 0 Å². The summed E-state index contributed by atoms with van der Waals surface area (Å²) in [6.45, 7) is 17.0. The average Bonchev–Trinajstić information content (AvgIpc) is 3.18. The van der Waals surface area contributed by atoms with Crippen LogP contribution in [0.15, 0.2) is 0 Å². The van der Waals surface area contributed by atoms with Gasteiger partial charge in [0.15, 0.2) is 0 Å². The lowest BCUT2D eigenvalue weighted by molar-refractivity contribution is -0.00338. The van der Waals surface area contributed by atoms with E-state index in [1.807, 2.05) is 0 Å². The number of likely N-dealkylation sites (tertiary alicyclic amines) is 2. The van der Waals surface area contributed by atoms with E-state index in [2.05, 4.69) is 42.8 Å². The Morgan fingerprint density at radius 1 is 0.913 bits per heavy atom. The van der Waals surface area contributed by atoms with Gasteiger partial charge >= 0.3 is 0 Å². The summed E-state index contributed by atoms with van der Waals surface area (Å²) in [5.41, 5.74) is 0.233. The van der Waals surface area contributed by atoms with Crippen LogP contribution in [0.5, 0.6) is 0 Å². The molecule has 0 aromatic rings. The van der Waals surface area contributed by atoms with Crippen LogP contribution in [0.3, 0.4) is 0 Å². The first kappa shape index (κ1) is 19.2. The van der Waals surface area contributed by atoms with Crippen molar-refractivity contribution >= 4 is 0 Å². The number of hydrogen-bond acceptors (Lipinski definition) is 4. The molecule has 23 heavy (non-hydrogen) atoms. The van der Waals surface area contributed by atoms with Crippen LogP contribution >= 0.6 is 0 Å². The van der Waals surface area contributed by atoms with Crippen molar-refractivity contribution in [3.8, 4) is 0 Å². The summed E-state index contributed by atoms with van der Waals surface area (Å²) in [7, 11) is 0. The molecule has 0 aromatic heterocycles. The van der Waals surface area contributed by atoms with Crippen molar-refractivity contribution in [1.29, 1.82) is 0 Å². The molecule has 2 fully saturated rings. The van der Waals surface area contributed by atoms with E-state index < -0.39 is 0 Å². The minimum atomic E-state index is 0.233. The van der Waals surface area contributed by atoms with Crippen molar-refractivity contribution in [3.63, 3.8) is 0 Å². The Hall–Kier alpha value is -0.160. The van der Waals surface area contributed by atoms with Gasteiger partial charge in [-0.25, -0.2) is 0 Å². The quantitative estimate of drug-likeness (QED) is 0.660. The van der Waals surface area contributed by atoms with Crippen LogP contribution < -0.4 is 5.32 Å². The Morgan fingerprint density at radius 3 is 1.91 bits per heavy atom. The normalized spacial score (nSPS) is 22.3. The molecule has 0 amide bonds. The molecule has 2 aliphatic heterocycles. The van der Waals surface area contributed by atoms with E-state index in [1.165, 1.54) is 58.3 Å². The molecule has 2 aliphatic rings. The molecule has 1 N–H and O–H groups in total. The molecule has 0 spiro atoms. The molecule has 0 bridgehead atoms. The minimum absolute atomic E-state index is 0.233. The fraction of sp³-hybridized carbons (Fsp3) is 1.00. The summed E-state index contributed by atoms with van der Waals surface area (Å²) in [4.78, 5) is 5.43. The van der Waals surface area contributed by atoms with Crippen molar-refractivity contribution in [1.82, 2.24) is 15.1 Å². The Labute approximate surface area is 143 Å². The van der Waals surface area contributed by atoms with Crippen LogP contribution in [0, 0.1) is 5.41 Å². The topological polar surface area (TPSA) is 27.7 Å². The van der Waals surface area contributed by atoms with Gasteiger partial charge in [-0.2, -0.15) is 0 Å². The van der Waals surface area contributed by atoms with Gasteiger partial charge in [-0.05, 0) is 77.2 Å². The summed E-state index contributed by atoms with van der Waals surface area (Å²) in [5.74, 6) is 0. The Bertz CT molecular complexity index is 301. The van der Waals surface area contributed by atoms with Gasteiger partial charge in [-0.15, -0.1) is 0 Å². The van der Waals surface area contributed by atoms with Crippen molar-refractivity contribution in [2.75, 3.05) is 45.9 Å². The lowest BCUT2D eigenvalue weighted by Gasteiger charge is -2.35. The zero-order valence-electron chi connectivity index (χ0n) is 15.9. The van der Waals surface area contributed by atoms with Crippen LogP contribution in [0.4, 0.5) is 0 Å². The maximum absolute atomic E-state index is 5.93. The summed E-state index contributed by atoms with van der Waals surface area (Å²) >= 11 is 0. The van der Waals surface area contributed by atoms with E-state index in [0.29, 0.717) is 12.3 Å². The highest BCUT2D eigenvalue weighted by atomic mass is 16.5. The monoisotopic (exact) mass is 325 g/mol. The molecule has 0 aliphatic carbocycles. The highest BCUT2D eigenvalue weighted by Crippen LogP contribution is 2.22. The van der Waals surface area contributed by atoms with Gasteiger partial charge in [0.25, 0.3) is 0 Å². The number of nitrogens with zero attached hydrogens (tertiary/aromatic N) is 2. The van der Waals surface area contributed by atoms with Gasteiger partial charge in [-0.1, -0.05) is 20.8 Å². The van der Waals surface area contributed by atoms with Crippen LogP contribution in [0.25, 0.3) is 0 Å². The average molecular weight is 326 g/mol.